The highest BCUT2D eigenvalue weighted by atomic mass is 32.1. The number of benzene rings is 1. The molecule has 0 fully saturated rings. The van der Waals surface area contributed by atoms with E-state index in [1.54, 1.807) is 7.11 Å². The van der Waals surface area contributed by atoms with E-state index in [9.17, 15) is 0 Å². The van der Waals surface area contributed by atoms with Gasteiger partial charge < -0.3 is 9.64 Å². The number of aryl methyl sites for hydroxylation is 2. The maximum atomic E-state index is 5.61. The van der Waals surface area contributed by atoms with Crippen molar-refractivity contribution in [1.29, 1.82) is 0 Å². The fourth-order valence-electron chi connectivity index (χ4n) is 2.26. The van der Waals surface area contributed by atoms with Crippen LogP contribution in [0.1, 0.15) is 28.3 Å². The number of methoxy groups -OCH3 is 1. The van der Waals surface area contributed by atoms with Crippen LogP contribution >= 0.6 is 12.6 Å². The lowest BCUT2D eigenvalue weighted by molar-refractivity contribution is 0.311. The normalized spacial score (nSPS) is 12.9. The van der Waals surface area contributed by atoms with E-state index in [1.165, 1.54) is 22.3 Å². The van der Waals surface area contributed by atoms with Crippen LogP contribution in [0.4, 0.5) is 0 Å². The molecule has 1 unspecified atom stereocenters. The number of hydrogen-bond donors (Lipinski definition) is 1. The summed E-state index contributed by atoms with van der Waals surface area (Å²) in [6.45, 7) is 6.38. The highest BCUT2D eigenvalue weighted by molar-refractivity contribution is 7.80. The largest absolute Gasteiger partial charge is 0.496 e. The van der Waals surface area contributed by atoms with Gasteiger partial charge in [-0.1, -0.05) is 6.07 Å². The minimum absolute atomic E-state index is 0.285. The fourth-order valence-corrected chi connectivity index (χ4v) is 2.77. The minimum atomic E-state index is 0.285. The van der Waals surface area contributed by atoms with Crippen molar-refractivity contribution in [1.82, 2.24) is 4.90 Å². The second-order valence-electron chi connectivity index (χ2n) is 4.74. The summed E-state index contributed by atoms with van der Waals surface area (Å²) in [7, 11) is 5.90. The molecule has 0 aromatic heterocycles. The third kappa shape index (κ3) is 2.78. The molecule has 1 aromatic rings. The minimum Gasteiger partial charge on any atom is -0.496 e. The van der Waals surface area contributed by atoms with Crippen molar-refractivity contribution in [3.05, 3.63) is 28.3 Å². The van der Waals surface area contributed by atoms with Crippen molar-refractivity contribution >= 4 is 12.6 Å². The molecule has 1 aromatic carbocycles. The van der Waals surface area contributed by atoms with Crippen molar-refractivity contribution < 1.29 is 4.74 Å². The van der Waals surface area contributed by atoms with Crippen LogP contribution in [0.15, 0.2) is 6.07 Å². The van der Waals surface area contributed by atoms with Gasteiger partial charge >= 0.3 is 0 Å². The summed E-state index contributed by atoms with van der Waals surface area (Å²) in [6.07, 6.45) is 0. The maximum absolute atomic E-state index is 5.61. The van der Waals surface area contributed by atoms with Crippen molar-refractivity contribution in [3.8, 4) is 5.75 Å². The van der Waals surface area contributed by atoms with E-state index in [4.69, 9.17) is 4.74 Å². The quantitative estimate of drug-likeness (QED) is 0.828. The van der Waals surface area contributed by atoms with Crippen molar-refractivity contribution in [2.24, 2.45) is 0 Å². The Morgan fingerprint density at radius 1 is 1.24 bits per heavy atom. The zero-order chi connectivity index (χ0) is 13.2. The van der Waals surface area contributed by atoms with Gasteiger partial charge in [0.05, 0.1) is 7.11 Å². The average Bonchev–Trinajstić information content (AvgIpc) is 2.26. The van der Waals surface area contributed by atoms with E-state index in [-0.39, 0.29) is 6.04 Å². The number of nitrogens with zero attached hydrogens (tertiary/aromatic N) is 1. The average molecular weight is 253 g/mol. The molecule has 96 valence electrons. The molecule has 3 heteroatoms. The van der Waals surface area contributed by atoms with E-state index in [2.05, 4.69) is 58.5 Å². The van der Waals surface area contributed by atoms with Crippen LogP contribution in [-0.2, 0) is 0 Å². The van der Waals surface area contributed by atoms with Gasteiger partial charge in [0.2, 0.25) is 0 Å². The predicted molar refractivity (Wildman–Crippen MR) is 77.5 cm³/mol. The molecular weight excluding hydrogens is 230 g/mol. The molecule has 0 radical (unpaired) electrons. The fraction of sp³-hybridized carbons (Fsp3) is 0.571. The topological polar surface area (TPSA) is 12.5 Å². The van der Waals surface area contributed by atoms with Crippen LogP contribution in [0.25, 0.3) is 0 Å². The van der Waals surface area contributed by atoms with E-state index < -0.39 is 0 Å². The first kappa shape index (κ1) is 14.4. The van der Waals surface area contributed by atoms with Gasteiger partial charge in [0.15, 0.2) is 0 Å². The summed E-state index contributed by atoms with van der Waals surface area (Å²) in [5, 5.41) is 0. The Hall–Kier alpha value is -0.670. The van der Waals surface area contributed by atoms with Crippen LogP contribution in [0.2, 0.25) is 0 Å². The summed E-state index contributed by atoms with van der Waals surface area (Å²) in [5.41, 5.74) is 5.04. The van der Waals surface area contributed by atoms with Crippen LogP contribution < -0.4 is 4.74 Å². The molecular formula is C14H23NOS. The Kier molecular flexibility index (Phi) is 4.90. The first-order chi connectivity index (χ1) is 7.93. The van der Waals surface area contributed by atoms with E-state index in [0.717, 1.165) is 11.5 Å². The van der Waals surface area contributed by atoms with Gasteiger partial charge in [-0.25, -0.2) is 0 Å². The molecule has 0 saturated heterocycles. The molecule has 0 aliphatic heterocycles. The number of ether oxygens (including phenoxy) is 1. The first-order valence-corrected chi connectivity index (χ1v) is 6.49. The SMILES string of the molecule is COc1c(C)c(C)cc(C)c1C(CS)N(C)C. The molecule has 0 N–H and O–H groups in total. The summed E-state index contributed by atoms with van der Waals surface area (Å²) in [4.78, 5) is 2.19. The molecule has 17 heavy (non-hydrogen) atoms. The van der Waals surface area contributed by atoms with Gasteiger partial charge in [0.25, 0.3) is 0 Å². The summed E-state index contributed by atoms with van der Waals surface area (Å²) in [5.74, 6) is 1.79. The molecule has 0 amide bonds. The zero-order valence-corrected chi connectivity index (χ0v) is 12.6. The Morgan fingerprint density at radius 2 is 1.82 bits per heavy atom. The monoisotopic (exact) mass is 253 g/mol. The number of hydrogen-bond acceptors (Lipinski definition) is 3. The summed E-state index contributed by atoms with van der Waals surface area (Å²) in [6, 6.07) is 2.51. The maximum Gasteiger partial charge on any atom is 0.127 e. The molecule has 0 spiro atoms. The molecule has 0 heterocycles. The summed E-state index contributed by atoms with van der Waals surface area (Å²) >= 11 is 4.46. The molecule has 2 nitrogen and oxygen atoms in total. The summed E-state index contributed by atoms with van der Waals surface area (Å²) < 4.78 is 5.61. The van der Waals surface area contributed by atoms with Crippen molar-refractivity contribution in [2.75, 3.05) is 27.0 Å². The van der Waals surface area contributed by atoms with E-state index in [0.29, 0.717) is 0 Å². The van der Waals surface area contributed by atoms with Crippen LogP contribution in [0.3, 0.4) is 0 Å². The van der Waals surface area contributed by atoms with Crippen LogP contribution in [0.5, 0.6) is 5.75 Å². The second-order valence-corrected chi connectivity index (χ2v) is 5.11. The molecule has 0 aliphatic carbocycles. The Morgan fingerprint density at radius 3 is 2.24 bits per heavy atom. The van der Waals surface area contributed by atoms with Gasteiger partial charge in [-0.3, -0.25) is 0 Å². The molecule has 0 aliphatic rings. The standard InChI is InChI=1S/C14H23NOS/c1-9-7-10(2)13(12(8-17)15(4)5)14(16-6)11(9)3/h7,12,17H,8H2,1-6H3. The Balaban J connectivity index is 3.45. The van der Waals surface area contributed by atoms with Gasteiger partial charge in [0.1, 0.15) is 5.75 Å². The highest BCUT2D eigenvalue weighted by Crippen LogP contribution is 2.36. The second kappa shape index (κ2) is 5.78. The smallest absolute Gasteiger partial charge is 0.127 e. The molecule has 0 saturated carbocycles. The van der Waals surface area contributed by atoms with Crippen molar-refractivity contribution in [2.45, 2.75) is 26.8 Å². The van der Waals surface area contributed by atoms with E-state index >= 15 is 0 Å². The van der Waals surface area contributed by atoms with Gasteiger partial charge in [0, 0.05) is 17.4 Å². The van der Waals surface area contributed by atoms with Crippen LogP contribution in [0, 0.1) is 20.8 Å². The van der Waals surface area contributed by atoms with Crippen molar-refractivity contribution in [3.63, 3.8) is 0 Å². The highest BCUT2D eigenvalue weighted by Gasteiger charge is 2.21. The third-order valence-corrected chi connectivity index (χ3v) is 3.71. The Labute approximate surface area is 110 Å². The third-order valence-electron chi connectivity index (χ3n) is 3.37. The number of rotatable bonds is 4. The lowest BCUT2D eigenvalue weighted by atomic mass is 9.94. The predicted octanol–water partition coefficient (Wildman–Crippen LogP) is 3.15. The molecule has 1 atom stereocenters. The Bertz CT molecular complexity index is 402. The van der Waals surface area contributed by atoms with Crippen LogP contribution in [-0.4, -0.2) is 31.9 Å². The molecule has 1 rings (SSSR count). The van der Waals surface area contributed by atoms with Gasteiger partial charge in [-0.2, -0.15) is 12.6 Å². The lowest BCUT2D eigenvalue weighted by Crippen LogP contribution is -2.23. The number of thiol groups is 1. The lowest BCUT2D eigenvalue weighted by Gasteiger charge is -2.28. The zero-order valence-electron chi connectivity index (χ0n) is 11.7. The first-order valence-electron chi connectivity index (χ1n) is 5.86. The van der Waals surface area contributed by atoms with Gasteiger partial charge in [-0.05, 0) is 51.6 Å². The van der Waals surface area contributed by atoms with Gasteiger partial charge in [-0.15, -0.1) is 0 Å². The van der Waals surface area contributed by atoms with E-state index in [1.807, 2.05) is 0 Å². The molecule has 0 bridgehead atoms.